The minimum Gasteiger partial charge on any atom is -0.388 e. The average Bonchev–Trinajstić information content (AvgIpc) is 2.78. The Kier molecular flexibility index (Phi) is 2.84. The van der Waals surface area contributed by atoms with E-state index in [1.54, 1.807) is 24.5 Å². The van der Waals surface area contributed by atoms with Crippen molar-refractivity contribution in [1.82, 2.24) is 14.8 Å². The van der Waals surface area contributed by atoms with Crippen LogP contribution in [0.5, 0.6) is 0 Å². The molecule has 0 aromatic carbocycles. The lowest BCUT2D eigenvalue weighted by molar-refractivity contribution is 0.0995. The first-order valence-corrected chi connectivity index (χ1v) is 5.10. The number of carbonyl (C=O) groups is 1. The summed E-state index contributed by atoms with van der Waals surface area (Å²) in [5.41, 5.74) is 12.0. The Labute approximate surface area is 102 Å². The number of aromatic nitrogens is 3. The van der Waals surface area contributed by atoms with E-state index in [4.69, 9.17) is 23.7 Å². The first kappa shape index (κ1) is 11.2. The topological polar surface area (TPSA) is 99.8 Å². The van der Waals surface area contributed by atoms with Crippen molar-refractivity contribution >= 4 is 23.1 Å². The monoisotopic (exact) mass is 247 g/mol. The summed E-state index contributed by atoms with van der Waals surface area (Å²) in [6, 6.07) is 4.93. The van der Waals surface area contributed by atoms with Crippen LogP contribution in [0.25, 0.3) is 5.69 Å². The number of pyridine rings is 1. The van der Waals surface area contributed by atoms with Gasteiger partial charge in [-0.1, -0.05) is 12.2 Å². The van der Waals surface area contributed by atoms with Gasteiger partial charge in [0.05, 0.1) is 11.4 Å². The highest BCUT2D eigenvalue weighted by Crippen LogP contribution is 2.08. The number of amides is 1. The number of thiocarbonyl (C=S) groups is 1. The second kappa shape index (κ2) is 4.30. The molecule has 2 heterocycles. The van der Waals surface area contributed by atoms with E-state index >= 15 is 0 Å². The quantitative estimate of drug-likeness (QED) is 0.744. The molecule has 2 aromatic heterocycles. The molecule has 7 heteroatoms. The molecule has 2 aromatic rings. The van der Waals surface area contributed by atoms with Gasteiger partial charge in [0.15, 0.2) is 0 Å². The lowest BCUT2D eigenvalue weighted by Crippen LogP contribution is -2.13. The summed E-state index contributed by atoms with van der Waals surface area (Å²) in [6.07, 6.45) is 3.19. The fraction of sp³-hybridized carbons (Fsp3) is 0. The zero-order valence-corrected chi connectivity index (χ0v) is 9.52. The smallest absolute Gasteiger partial charge is 0.269 e. The number of hydrogen-bond donors (Lipinski definition) is 2. The summed E-state index contributed by atoms with van der Waals surface area (Å²) >= 11 is 4.83. The van der Waals surface area contributed by atoms with E-state index in [1.807, 2.05) is 0 Å². The number of hydrogen-bond acceptors (Lipinski definition) is 4. The summed E-state index contributed by atoms with van der Waals surface area (Å²) in [4.78, 5) is 15.1. The van der Waals surface area contributed by atoms with E-state index in [0.29, 0.717) is 11.4 Å². The Morgan fingerprint density at radius 3 is 2.65 bits per heavy atom. The summed E-state index contributed by atoms with van der Waals surface area (Å²) in [5, 5.41) is 4.01. The van der Waals surface area contributed by atoms with E-state index in [-0.39, 0.29) is 10.7 Å². The number of carbonyl (C=O) groups excluding carboxylic acids is 1. The van der Waals surface area contributed by atoms with E-state index in [2.05, 4.69) is 10.1 Å². The van der Waals surface area contributed by atoms with Crippen molar-refractivity contribution in [1.29, 1.82) is 0 Å². The normalized spacial score (nSPS) is 10.1. The molecule has 4 N–H and O–H groups in total. The molecule has 0 atom stereocenters. The standard InChI is InChI=1S/C10H9N5OS/c11-9(16)7-2-4-15(14-7)6-1-3-13-8(5-6)10(12)17/h1-5H,(H2,11,16)(H2,12,17). The van der Waals surface area contributed by atoms with E-state index in [1.165, 1.54) is 10.7 Å². The van der Waals surface area contributed by atoms with Crippen LogP contribution >= 0.6 is 12.2 Å². The third-order valence-electron chi connectivity index (χ3n) is 2.10. The van der Waals surface area contributed by atoms with Gasteiger partial charge >= 0.3 is 0 Å². The average molecular weight is 247 g/mol. The Balaban J connectivity index is 2.42. The molecular weight excluding hydrogens is 238 g/mol. The summed E-state index contributed by atoms with van der Waals surface area (Å²) in [6.45, 7) is 0. The Hall–Kier alpha value is -2.28. The molecule has 17 heavy (non-hydrogen) atoms. The molecule has 0 radical (unpaired) electrons. The molecule has 0 unspecified atom stereocenters. The van der Waals surface area contributed by atoms with E-state index in [0.717, 1.165) is 0 Å². The third-order valence-corrected chi connectivity index (χ3v) is 2.31. The number of nitrogens with zero attached hydrogens (tertiary/aromatic N) is 3. The van der Waals surface area contributed by atoms with Crippen molar-refractivity contribution in [3.63, 3.8) is 0 Å². The first-order valence-electron chi connectivity index (χ1n) is 4.69. The van der Waals surface area contributed by atoms with Crippen LogP contribution in [-0.2, 0) is 0 Å². The van der Waals surface area contributed by atoms with Gasteiger partial charge in [-0.2, -0.15) is 5.10 Å². The van der Waals surface area contributed by atoms with Crippen LogP contribution in [0.3, 0.4) is 0 Å². The zero-order chi connectivity index (χ0) is 12.4. The van der Waals surface area contributed by atoms with Crippen LogP contribution in [-0.4, -0.2) is 25.7 Å². The fourth-order valence-corrected chi connectivity index (χ4v) is 1.41. The van der Waals surface area contributed by atoms with Gasteiger partial charge in [-0.3, -0.25) is 9.78 Å². The van der Waals surface area contributed by atoms with Gasteiger partial charge in [0.2, 0.25) is 0 Å². The number of primary amides is 1. The highest BCUT2D eigenvalue weighted by Gasteiger charge is 2.07. The molecule has 0 aliphatic carbocycles. The Bertz CT molecular complexity index is 592. The first-order chi connectivity index (χ1) is 8.08. The predicted octanol–water partition coefficient (Wildman–Crippen LogP) is 0.000400. The fourth-order valence-electron chi connectivity index (χ4n) is 1.30. The van der Waals surface area contributed by atoms with Gasteiger partial charge in [-0.25, -0.2) is 4.68 Å². The summed E-state index contributed by atoms with van der Waals surface area (Å²) in [7, 11) is 0. The minimum atomic E-state index is -0.577. The van der Waals surface area contributed by atoms with Crippen molar-refractivity contribution in [2.45, 2.75) is 0 Å². The molecule has 1 amide bonds. The van der Waals surface area contributed by atoms with Crippen molar-refractivity contribution in [2.75, 3.05) is 0 Å². The lowest BCUT2D eigenvalue weighted by Gasteiger charge is -2.02. The highest BCUT2D eigenvalue weighted by molar-refractivity contribution is 7.80. The van der Waals surface area contributed by atoms with Crippen molar-refractivity contribution in [3.8, 4) is 5.69 Å². The summed E-state index contributed by atoms with van der Waals surface area (Å²) in [5.74, 6) is -0.577. The van der Waals surface area contributed by atoms with E-state index < -0.39 is 5.91 Å². The van der Waals surface area contributed by atoms with Gasteiger partial charge in [0.1, 0.15) is 10.7 Å². The SMILES string of the molecule is NC(=O)c1ccn(-c2ccnc(C(N)=S)c2)n1. The molecule has 0 saturated heterocycles. The molecule has 0 bridgehead atoms. The lowest BCUT2D eigenvalue weighted by atomic mass is 10.3. The van der Waals surface area contributed by atoms with Gasteiger partial charge in [0.25, 0.3) is 5.91 Å². The van der Waals surface area contributed by atoms with E-state index in [9.17, 15) is 4.79 Å². The third kappa shape index (κ3) is 2.28. The maximum atomic E-state index is 10.9. The molecule has 0 spiro atoms. The van der Waals surface area contributed by atoms with Crippen molar-refractivity contribution in [2.24, 2.45) is 11.5 Å². The highest BCUT2D eigenvalue weighted by atomic mass is 32.1. The van der Waals surface area contributed by atoms with Crippen LogP contribution in [0.2, 0.25) is 0 Å². The Morgan fingerprint density at radius 1 is 1.29 bits per heavy atom. The largest absolute Gasteiger partial charge is 0.388 e. The minimum absolute atomic E-state index is 0.193. The summed E-state index contributed by atoms with van der Waals surface area (Å²) < 4.78 is 1.50. The van der Waals surface area contributed by atoms with Gasteiger partial charge in [0, 0.05) is 12.4 Å². The van der Waals surface area contributed by atoms with Gasteiger partial charge in [-0.05, 0) is 18.2 Å². The Morgan fingerprint density at radius 2 is 2.06 bits per heavy atom. The molecule has 0 saturated carbocycles. The molecule has 86 valence electrons. The van der Waals surface area contributed by atoms with Crippen molar-refractivity contribution in [3.05, 3.63) is 42.0 Å². The van der Waals surface area contributed by atoms with Crippen LogP contribution < -0.4 is 11.5 Å². The molecule has 6 nitrogen and oxygen atoms in total. The van der Waals surface area contributed by atoms with Gasteiger partial charge in [-0.15, -0.1) is 0 Å². The van der Waals surface area contributed by atoms with Crippen molar-refractivity contribution < 1.29 is 4.79 Å². The second-order valence-corrected chi connectivity index (χ2v) is 3.71. The maximum absolute atomic E-state index is 10.9. The molecular formula is C10H9N5OS. The van der Waals surface area contributed by atoms with Gasteiger partial charge < -0.3 is 11.5 Å². The number of nitrogens with two attached hydrogens (primary N) is 2. The maximum Gasteiger partial charge on any atom is 0.269 e. The molecule has 0 aliphatic rings. The second-order valence-electron chi connectivity index (χ2n) is 3.27. The van der Waals surface area contributed by atoms with Crippen LogP contribution in [0.4, 0.5) is 0 Å². The van der Waals surface area contributed by atoms with Crippen LogP contribution in [0, 0.1) is 0 Å². The number of rotatable bonds is 3. The predicted molar refractivity (Wildman–Crippen MR) is 65.8 cm³/mol. The van der Waals surface area contributed by atoms with Crippen LogP contribution in [0.1, 0.15) is 16.2 Å². The molecule has 0 fully saturated rings. The molecule has 0 aliphatic heterocycles. The molecule has 2 rings (SSSR count). The van der Waals surface area contributed by atoms with Crippen LogP contribution in [0.15, 0.2) is 30.6 Å². The zero-order valence-electron chi connectivity index (χ0n) is 8.70.